The van der Waals surface area contributed by atoms with Gasteiger partial charge < -0.3 is 18.9 Å². The molecule has 0 aliphatic carbocycles. The molecular weight excluding hydrogens is 280 g/mol. The van der Waals surface area contributed by atoms with E-state index in [1.165, 1.54) is 0 Å². The van der Waals surface area contributed by atoms with Crippen LogP contribution < -0.4 is 14.2 Å². The Morgan fingerprint density at radius 3 is 2.32 bits per heavy atom. The van der Waals surface area contributed by atoms with Gasteiger partial charge in [0.1, 0.15) is 5.75 Å². The van der Waals surface area contributed by atoms with Crippen LogP contribution in [0.4, 0.5) is 0 Å². The van der Waals surface area contributed by atoms with Gasteiger partial charge in [0.2, 0.25) is 6.29 Å². The van der Waals surface area contributed by atoms with Crippen LogP contribution in [-0.4, -0.2) is 27.6 Å². The molecule has 1 aliphatic rings. The molecule has 0 saturated heterocycles. The zero-order valence-corrected chi connectivity index (χ0v) is 12.8. The molecule has 4 nitrogen and oxygen atoms in total. The van der Waals surface area contributed by atoms with E-state index in [0.29, 0.717) is 11.5 Å². The van der Waals surface area contributed by atoms with Gasteiger partial charge >= 0.3 is 0 Å². The van der Waals surface area contributed by atoms with Crippen LogP contribution in [0.25, 0.3) is 11.6 Å². The molecule has 1 heterocycles. The molecule has 1 unspecified atom stereocenters. The minimum atomic E-state index is -0.475. The van der Waals surface area contributed by atoms with E-state index in [1.807, 2.05) is 42.5 Å². The largest absolute Gasteiger partial charge is 0.497 e. The molecule has 22 heavy (non-hydrogen) atoms. The van der Waals surface area contributed by atoms with E-state index < -0.39 is 6.29 Å². The highest BCUT2D eigenvalue weighted by Gasteiger charge is 2.25. The number of methoxy groups -OCH3 is 3. The Morgan fingerprint density at radius 1 is 0.909 bits per heavy atom. The summed E-state index contributed by atoms with van der Waals surface area (Å²) in [6.07, 6.45) is 1.59. The van der Waals surface area contributed by atoms with Gasteiger partial charge in [0.15, 0.2) is 11.5 Å². The Morgan fingerprint density at radius 2 is 1.68 bits per heavy atom. The summed E-state index contributed by atoms with van der Waals surface area (Å²) in [4.78, 5) is 0. The highest BCUT2D eigenvalue weighted by Crippen LogP contribution is 2.40. The Balaban J connectivity index is 2.06. The predicted octanol–water partition coefficient (Wildman–Crippen LogP) is 3.61. The summed E-state index contributed by atoms with van der Waals surface area (Å²) in [5.41, 5.74) is 2.96. The van der Waals surface area contributed by atoms with E-state index in [-0.39, 0.29) is 0 Å². The highest BCUT2D eigenvalue weighted by molar-refractivity contribution is 5.87. The molecule has 0 radical (unpaired) electrons. The van der Waals surface area contributed by atoms with Gasteiger partial charge in [0, 0.05) is 18.2 Å². The number of para-hydroxylation sites is 1. The van der Waals surface area contributed by atoms with Crippen molar-refractivity contribution in [3.63, 3.8) is 0 Å². The zero-order chi connectivity index (χ0) is 15.5. The van der Waals surface area contributed by atoms with Crippen molar-refractivity contribution < 1.29 is 18.9 Å². The summed E-state index contributed by atoms with van der Waals surface area (Å²) in [6, 6.07) is 13.6. The third kappa shape index (κ3) is 2.53. The molecule has 2 aromatic carbocycles. The number of benzene rings is 2. The molecule has 0 amide bonds. The lowest BCUT2D eigenvalue weighted by Crippen LogP contribution is -2.24. The number of ether oxygens (including phenoxy) is 4. The lowest BCUT2D eigenvalue weighted by atomic mass is 9.99. The minimum absolute atomic E-state index is 0.475. The first-order valence-corrected chi connectivity index (χ1v) is 6.99. The number of hydrogen-bond donors (Lipinski definition) is 0. The number of fused-ring (bicyclic) bond motifs is 1. The average molecular weight is 298 g/mol. The second-order valence-electron chi connectivity index (χ2n) is 4.89. The van der Waals surface area contributed by atoms with Gasteiger partial charge in [-0.15, -0.1) is 0 Å². The average Bonchev–Trinajstić information content (AvgIpc) is 2.60. The van der Waals surface area contributed by atoms with Crippen LogP contribution >= 0.6 is 0 Å². The summed E-state index contributed by atoms with van der Waals surface area (Å²) in [6.45, 7) is 0. The summed E-state index contributed by atoms with van der Waals surface area (Å²) in [5.74, 6) is 2.22. The maximum absolute atomic E-state index is 5.98. The molecule has 2 aromatic rings. The molecule has 1 atom stereocenters. The van der Waals surface area contributed by atoms with Crippen molar-refractivity contribution in [1.29, 1.82) is 0 Å². The number of rotatable bonds is 4. The Labute approximate surface area is 129 Å². The van der Waals surface area contributed by atoms with Gasteiger partial charge in [0.05, 0.1) is 14.2 Å². The monoisotopic (exact) mass is 298 g/mol. The third-order valence-electron chi connectivity index (χ3n) is 3.66. The molecule has 0 fully saturated rings. The molecule has 0 spiro atoms. The van der Waals surface area contributed by atoms with Crippen LogP contribution in [0.2, 0.25) is 0 Å². The van der Waals surface area contributed by atoms with Gasteiger partial charge in [-0.05, 0) is 29.8 Å². The van der Waals surface area contributed by atoms with Gasteiger partial charge in [-0.25, -0.2) is 0 Å². The summed E-state index contributed by atoms with van der Waals surface area (Å²) in [5, 5.41) is 0. The molecule has 114 valence electrons. The van der Waals surface area contributed by atoms with Crippen molar-refractivity contribution in [2.24, 2.45) is 0 Å². The van der Waals surface area contributed by atoms with Crippen molar-refractivity contribution in [3.8, 4) is 17.2 Å². The fraction of sp³-hybridized carbons (Fsp3) is 0.222. The lowest BCUT2D eigenvalue weighted by molar-refractivity contribution is -0.0105. The quantitative estimate of drug-likeness (QED) is 0.864. The van der Waals surface area contributed by atoms with Gasteiger partial charge in [0.25, 0.3) is 0 Å². The molecular formula is C18H18O4. The fourth-order valence-corrected chi connectivity index (χ4v) is 2.52. The van der Waals surface area contributed by atoms with Crippen molar-refractivity contribution in [2.75, 3.05) is 21.3 Å². The smallest absolute Gasteiger partial charge is 0.227 e. The first-order chi connectivity index (χ1) is 10.8. The van der Waals surface area contributed by atoms with E-state index in [1.54, 1.807) is 21.3 Å². The second kappa shape index (κ2) is 6.12. The van der Waals surface area contributed by atoms with Gasteiger partial charge in [-0.3, -0.25) is 0 Å². The SMILES string of the molecule is COc1ccc(C2=Cc3cccc(OC)c3OC2OC)cc1. The van der Waals surface area contributed by atoms with Crippen LogP contribution in [0.5, 0.6) is 17.2 Å². The van der Waals surface area contributed by atoms with Crippen molar-refractivity contribution in [3.05, 3.63) is 53.6 Å². The van der Waals surface area contributed by atoms with E-state index >= 15 is 0 Å². The predicted molar refractivity (Wildman–Crippen MR) is 85.3 cm³/mol. The molecule has 0 aromatic heterocycles. The highest BCUT2D eigenvalue weighted by atomic mass is 16.7. The minimum Gasteiger partial charge on any atom is -0.497 e. The van der Waals surface area contributed by atoms with E-state index in [9.17, 15) is 0 Å². The molecule has 0 N–H and O–H groups in total. The second-order valence-corrected chi connectivity index (χ2v) is 4.89. The van der Waals surface area contributed by atoms with E-state index in [0.717, 1.165) is 22.4 Å². The summed E-state index contributed by atoms with van der Waals surface area (Å²) in [7, 11) is 4.91. The standard InChI is InChI=1S/C18H18O4/c1-19-14-9-7-12(8-10-14)15-11-13-5-4-6-16(20-2)17(13)22-18(15)21-3/h4-11,18H,1-3H3. The third-order valence-corrected chi connectivity index (χ3v) is 3.66. The Kier molecular flexibility index (Phi) is 4.02. The summed E-state index contributed by atoms with van der Waals surface area (Å²) < 4.78 is 22.0. The van der Waals surface area contributed by atoms with Gasteiger partial charge in [-0.2, -0.15) is 0 Å². The van der Waals surface area contributed by atoms with Crippen LogP contribution in [0, 0.1) is 0 Å². The van der Waals surface area contributed by atoms with Crippen molar-refractivity contribution >= 4 is 11.6 Å². The first-order valence-electron chi connectivity index (χ1n) is 6.99. The first kappa shape index (κ1) is 14.5. The van der Waals surface area contributed by atoms with Crippen LogP contribution in [0.3, 0.4) is 0 Å². The van der Waals surface area contributed by atoms with Crippen LogP contribution in [0.1, 0.15) is 11.1 Å². The molecule has 0 saturated carbocycles. The lowest BCUT2D eigenvalue weighted by Gasteiger charge is -2.27. The normalized spacial score (nSPS) is 16.3. The Hall–Kier alpha value is -2.46. The molecule has 3 rings (SSSR count). The zero-order valence-electron chi connectivity index (χ0n) is 12.8. The topological polar surface area (TPSA) is 36.9 Å². The van der Waals surface area contributed by atoms with Crippen LogP contribution in [0.15, 0.2) is 42.5 Å². The Bertz CT molecular complexity index is 689. The maximum atomic E-state index is 5.98. The molecule has 1 aliphatic heterocycles. The fourth-order valence-electron chi connectivity index (χ4n) is 2.52. The van der Waals surface area contributed by atoms with Crippen molar-refractivity contribution in [1.82, 2.24) is 0 Å². The summed E-state index contributed by atoms with van der Waals surface area (Å²) >= 11 is 0. The van der Waals surface area contributed by atoms with E-state index in [2.05, 4.69) is 6.08 Å². The maximum Gasteiger partial charge on any atom is 0.227 e. The molecule has 4 heteroatoms. The van der Waals surface area contributed by atoms with Gasteiger partial charge in [-0.1, -0.05) is 24.3 Å². The molecule has 0 bridgehead atoms. The van der Waals surface area contributed by atoms with Crippen molar-refractivity contribution in [2.45, 2.75) is 6.29 Å². The van der Waals surface area contributed by atoms with E-state index in [4.69, 9.17) is 18.9 Å². The number of hydrogen-bond acceptors (Lipinski definition) is 4. The van der Waals surface area contributed by atoms with Crippen LogP contribution in [-0.2, 0) is 4.74 Å².